The molecule has 0 fully saturated rings. The van der Waals surface area contributed by atoms with Gasteiger partial charge in [0, 0.05) is 5.56 Å². The number of ketones is 1. The number of carbonyl (C=O) groups is 1. The molecular weight excluding hydrogens is 378 g/mol. The van der Waals surface area contributed by atoms with Crippen LogP contribution in [0.3, 0.4) is 0 Å². The Kier molecular flexibility index (Phi) is 5.47. The van der Waals surface area contributed by atoms with Crippen molar-refractivity contribution >= 4 is 21.9 Å². The van der Waals surface area contributed by atoms with Gasteiger partial charge >= 0.3 is 0 Å². The summed E-state index contributed by atoms with van der Waals surface area (Å²) in [5, 5.41) is 18.8. The van der Waals surface area contributed by atoms with Crippen molar-refractivity contribution in [3.8, 4) is 11.5 Å². The van der Waals surface area contributed by atoms with Crippen LogP contribution in [0.1, 0.15) is 15.9 Å². The summed E-state index contributed by atoms with van der Waals surface area (Å²) in [6, 6.07) is 19.2. The van der Waals surface area contributed by atoms with Gasteiger partial charge in [-0.25, -0.2) is 8.42 Å². The molecule has 3 aromatic carbocycles. The summed E-state index contributed by atoms with van der Waals surface area (Å²) in [5.74, 6) is -0.520. The maximum absolute atomic E-state index is 12.9. The van der Waals surface area contributed by atoms with Gasteiger partial charge in [-0.05, 0) is 48.0 Å². The number of hydrogen-bond acceptors (Lipinski definition) is 5. The van der Waals surface area contributed by atoms with Crippen LogP contribution in [-0.2, 0) is 10.0 Å². The summed E-state index contributed by atoms with van der Waals surface area (Å²) in [4.78, 5) is 12.8. The highest BCUT2D eigenvalue weighted by Crippen LogP contribution is 2.19. The Labute approximate surface area is 162 Å². The number of sulfonamides is 1. The van der Waals surface area contributed by atoms with E-state index in [9.17, 15) is 23.4 Å². The second-order valence-corrected chi connectivity index (χ2v) is 7.63. The van der Waals surface area contributed by atoms with E-state index in [1.54, 1.807) is 42.5 Å². The normalized spacial score (nSPS) is 11.8. The fraction of sp³-hybridized carbons (Fsp3) is 0. The van der Waals surface area contributed by atoms with E-state index >= 15 is 0 Å². The zero-order valence-electron chi connectivity index (χ0n) is 14.6. The number of benzene rings is 3. The van der Waals surface area contributed by atoms with Gasteiger partial charge in [0.2, 0.25) is 5.78 Å². The Morgan fingerprint density at radius 2 is 1.32 bits per heavy atom. The first-order valence-electron chi connectivity index (χ1n) is 8.27. The summed E-state index contributed by atoms with van der Waals surface area (Å²) in [5.41, 5.74) is 0.705. The Bertz CT molecular complexity index is 1100. The van der Waals surface area contributed by atoms with Crippen molar-refractivity contribution in [1.29, 1.82) is 0 Å². The number of nitrogens with one attached hydrogen (secondary N) is 1. The average molecular weight is 395 g/mol. The number of allylic oxidation sites excluding steroid dienone is 1. The van der Waals surface area contributed by atoms with Crippen LogP contribution in [0.5, 0.6) is 11.5 Å². The lowest BCUT2D eigenvalue weighted by Crippen LogP contribution is -2.27. The monoisotopic (exact) mass is 395 g/mol. The van der Waals surface area contributed by atoms with Crippen LogP contribution in [0.2, 0.25) is 0 Å². The third kappa shape index (κ3) is 4.57. The van der Waals surface area contributed by atoms with E-state index in [0.717, 1.165) is 0 Å². The first-order valence-corrected chi connectivity index (χ1v) is 9.76. The van der Waals surface area contributed by atoms with Gasteiger partial charge in [-0.1, -0.05) is 42.5 Å². The van der Waals surface area contributed by atoms with Crippen molar-refractivity contribution in [2.75, 3.05) is 0 Å². The molecule has 7 heteroatoms. The highest BCUT2D eigenvalue weighted by Gasteiger charge is 2.21. The lowest BCUT2D eigenvalue weighted by molar-refractivity contribution is 0.103. The molecule has 0 atom stereocenters. The molecule has 0 saturated carbocycles. The Hall–Kier alpha value is -3.58. The van der Waals surface area contributed by atoms with Gasteiger partial charge in [-0.15, -0.1) is 0 Å². The third-order valence-corrected chi connectivity index (χ3v) is 5.26. The number of hydrogen-bond donors (Lipinski definition) is 3. The molecule has 0 spiro atoms. The van der Waals surface area contributed by atoms with Gasteiger partial charge in [0.25, 0.3) is 10.0 Å². The van der Waals surface area contributed by atoms with Crippen LogP contribution < -0.4 is 4.72 Å². The first-order chi connectivity index (χ1) is 13.3. The number of Topliss-reactive ketones (excluding diaryl/α,β-unsaturated/α-hetero) is 1. The minimum absolute atomic E-state index is 0.0535. The predicted molar refractivity (Wildman–Crippen MR) is 105 cm³/mol. The molecule has 0 aliphatic heterocycles. The third-order valence-electron chi connectivity index (χ3n) is 3.88. The van der Waals surface area contributed by atoms with E-state index in [2.05, 4.69) is 4.72 Å². The highest BCUT2D eigenvalue weighted by molar-refractivity contribution is 7.89. The van der Waals surface area contributed by atoms with Gasteiger partial charge in [0.1, 0.15) is 11.5 Å². The number of phenols is 2. The fourth-order valence-electron chi connectivity index (χ4n) is 2.45. The zero-order valence-corrected chi connectivity index (χ0v) is 15.4. The lowest BCUT2D eigenvalue weighted by Gasteiger charge is -2.12. The average Bonchev–Trinajstić information content (AvgIpc) is 2.69. The van der Waals surface area contributed by atoms with E-state index in [4.69, 9.17) is 0 Å². The van der Waals surface area contributed by atoms with Crippen LogP contribution in [-0.4, -0.2) is 24.4 Å². The van der Waals surface area contributed by atoms with Crippen molar-refractivity contribution in [2.45, 2.75) is 4.90 Å². The second-order valence-electron chi connectivity index (χ2n) is 5.94. The summed E-state index contributed by atoms with van der Waals surface area (Å²) in [6.07, 6.45) is 1.40. The van der Waals surface area contributed by atoms with E-state index < -0.39 is 15.8 Å². The predicted octanol–water partition coefficient (Wildman–Crippen LogP) is 3.30. The van der Waals surface area contributed by atoms with Gasteiger partial charge in [0.05, 0.1) is 10.6 Å². The molecule has 3 rings (SSSR count). The maximum atomic E-state index is 12.9. The fourth-order valence-corrected chi connectivity index (χ4v) is 3.51. The highest BCUT2D eigenvalue weighted by atomic mass is 32.2. The van der Waals surface area contributed by atoms with Gasteiger partial charge in [0.15, 0.2) is 0 Å². The van der Waals surface area contributed by atoms with Gasteiger partial charge in [-0.3, -0.25) is 9.52 Å². The molecule has 0 aromatic heterocycles. The van der Waals surface area contributed by atoms with E-state index in [1.165, 1.54) is 42.5 Å². The summed E-state index contributed by atoms with van der Waals surface area (Å²) < 4.78 is 27.7. The van der Waals surface area contributed by atoms with Crippen LogP contribution in [0, 0.1) is 0 Å². The van der Waals surface area contributed by atoms with E-state index in [1.807, 2.05) is 0 Å². The lowest BCUT2D eigenvalue weighted by atomic mass is 10.1. The molecule has 0 heterocycles. The van der Waals surface area contributed by atoms with Gasteiger partial charge in [-0.2, -0.15) is 0 Å². The van der Waals surface area contributed by atoms with Crippen LogP contribution in [0.15, 0.2) is 89.5 Å². The molecule has 0 saturated heterocycles. The number of rotatable bonds is 6. The first kappa shape index (κ1) is 19.2. The van der Waals surface area contributed by atoms with Crippen molar-refractivity contribution in [2.24, 2.45) is 0 Å². The Balaban J connectivity index is 2.01. The maximum Gasteiger partial charge on any atom is 0.262 e. The second kappa shape index (κ2) is 7.98. The van der Waals surface area contributed by atoms with Crippen LogP contribution >= 0.6 is 0 Å². The molecule has 0 bridgehead atoms. The standard InChI is InChI=1S/C21H17NO5S/c23-17-8-6-15(7-9-17)14-20(21(25)16-4-2-1-3-5-16)22-28(26,27)19-12-10-18(24)11-13-19/h1-14,22-24H. The molecule has 0 unspecified atom stereocenters. The van der Waals surface area contributed by atoms with Crippen LogP contribution in [0.4, 0.5) is 0 Å². The van der Waals surface area contributed by atoms with Gasteiger partial charge < -0.3 is 10.2 Å². The van der Waals surface area contributed by atoms with Crippen molar-refractivity contribution in [3.05, 3.63) is 95.7 Å². The number of aromatic hydroxyl groups is 2. The summed E-state index contributed by atoms with van der Waals surface area (Å²) >= 11 is 0. The SMILES string of the molecule is O=C(C(=Cc1ccc(O)cc1)NS(=O)(=O)c1ccc(O)cc1)c1ccccc1. The molecular formula is C21H17NO5S. The largest absolute Gasteiger partial charge is 0.508 e. The molecule has 6 nitrogen and oxygen atoms in total. The number of carbonyl (C=O) groups excluding carboxylic acids is 1. The van der Waals surface area contributed by atoms with E-state index in [0.29, 0.717) is 11.1 Å². The van der Waals surface area contributed by atoms with E-state index in [-0.39, 0.29) is 22.1 Å². The molecule has 3 N–H and O–H groups in total. The van der Waals surface area contributed by atoms with Crippen molar-refractivity contribution in [3.63, 3.8) is 0 Å². The van der Waals surface area contributed by atoms with Crippen molar-refractivity contribution < 1.29 is 23.4 Å². The minimum Gasteiger partial charge on any atom is -0.508 e. The summed E-state index contributed by atoms with van der Waals surface area (Å²) in [7, 11) is -4.06. The molecule has 3 aromatic rings. The molecule has 0 radical (unpaired) electrons. The minimum atomic E-state index is -4.06. The zero-order chi connectivity index (χ0) is 20.1. The topological polar surface area (TPSA) is 104 Å². The smallest absolute Gasteiger partial charge is 0.262 e. The molecule has 0 amide bonds. The Morgan fingerprint density at radius 1 is 0.786 bits per heavy atom. The summed E-state index contributed by atoms with van der Waals surface area (Å²) in [6.45, 7) is 0. The van der Waals surface area contributed by atoms with Crippen LogP contribution in [0.25, 0.3) is 6.08 Å². The molecule has 142 valence electrons. The quantitative estimate of drug-likeness (QED) is 0.439. The molecule has 0 aliphatic rings. The Morgan fingerprint density at radius 3 is 1.89 bits per heavy atom. The van der Waals surface area contributed by atoms with Crippen molar-refractivity contribution in [1.82, 2.24) is 4.72 Å². The number of phenolic OH excluding ortho intramolecular Hbond substituents is 2. The molecule has 0 aliphatic carbocycles. The molecule has 28 heavy (non-hydrogen) atoms.